The van der Waals surface area contributed by atoms with Gasteiger partial charge in [0, 0.05) is 37.0 Å². The molecular formula is C18H25N5O4. The number of aryl methyl sites for hydroxylation is 3. The van der Waals surface area contributed by atoms with Gasteiger partial charge in [0.2, 0.25) is 11.8 Å². The number of aromatic nitrogens is 3. The van der Waals surface area contributed by atoms with Crippen LogP contribution in [0.25, 0.3) is 0 Å². The van der Waals surface area contributed by atoms with E-state index in [4.69, 9.17) is 9.26 Å². The second-order valence-corrected chi connectivity index (χ2v) is 6.73. The molecule has 9 heteroatoms. The van der Waals surface area contributed by atoms with Crippen LogP contribution < -0.4 is 5.32 Å². The van der Waals surface area contributed by atoms with Crippen LogP contribution in [0.1, 0.15) is 29.1 Å². The smallest absolute Gasteiger partial charge is 0.244 e. The van der Waals surface area contributed by atoms with Crippen molar-refractivity contribution in [3.05, 3.63) is 35.0 Å². The zero-order chi connectivity index (χ0) is 19.4. The van der Waals surface area contributed by atoms with Crippen molar-refractivity contribution in [2.75, 3.05) is 19.8 Å². The molecule has 1 N–H and O–H groups in total. The number of morpholine rings is 1. The van der Waals surface area contributed by atoms with Crippen LogP contribution in [0, 0.1) is 20.8 Å². The Balaban J connectivity index is 1.57. The van der Waals surface area contributed by atoms with Gasteiger partial charge in [-0.25, -0.2) is 0 Å². The maximum absolute atomic E-state index is 12.7. The van der Waals surface area contributed by atoms with Crippen molar-refractivity contribution in [2.24, 2.45) is 0 Å². The number of nitrogens with one attached hydrogen (secondary N) is 1. The van der Waals surface area contributed by atoms with Crippen LogP contribution in [0.4, 0.5) is 0 Å². The minimum atomic E-state index is -0.285. The molecule has 0 spiro atoms. The van der Waals surface area contributed by atoms with Gasteiger partial charge < -0.3 is 19.5 Å². The molecule has 27 heavy (non-hydrogen) atoms. The number of hydrogen-bond donors (Lipinski definition) is 1. The highest BCUT2D eigenvalue weighted by atomic mass is 16.5. The molecule has 1 saturated heterocycles. The molecule has 2 amide bonds. The number of rotatable bonds is 6. The van der Waals surface area contributed by atoms with Gasteiger partial charge in [-0.2, -0.15) is 5.10 Å². The Morgan fingerprint density at radius 2 is 2.15 bits per heavy atom. The lowest BCUT2D eigenvalue weighted by molar-refractivity contribution is -0.142. The third-order valence-electron chi connectivity index (χ3n) is 4.83. The standard InChI is InChI=1S/C18H25N5O4/c1-12-4-5-20-23(12)10-18(25)22-6-7-26-11-15(22)8-17(24)19-9-16-13(2)21-27-14(16)3/h4-5,15H,6-11H2,1-3H3,(H,19,24)/t15-/m1/s1. The van der Waals surface area contributed by atoms with Crippen molar-refractivity contribution >= 4 is 11.8 Å². The number of ether oxygens (including phenoxy) is 1. The van der Waals surface area contributed by atoms with Crippen molar-refractivity contribution < 1.29 is 18.8 Å². The molecule has 1 aliphatic rings. The third-order valence-corrected chi connectivity index (χ3v) is 4.83. The monoisotopic (exact) mass is 375 g/mol. The van der Waals surface area contributed by atoms with Crippen LogP contribution in [0.5, 0.6) is 0 Å². The van der Waals surface area contributed by atoms with E-state index < -0.39 is 0 Å². The van der Waals surface area contributed by atoms with Crippen LogP contribution in [0.15, 0.2) is 16.8 Å². The highest BCUT2D eigenvalue weighted by Gasteiger charge is 2.29. The van der Waals surface area contributed by atoms with E-state index in [1.807, 2.05) is 26.8 Å². The van der Waals surface area contributed by atoms with Gasteiger partial charge >= 0.3 is 0 Å². The molecule has 0 unspecified atom stereocenters. The summed E-state index contributed by atoms with van der Waals surface area (Å²) in [5.74, 6) is 0.493. The van der Waals surface area contributed by atoms with Crippen molar-refractivity contribution in [2.45, 2.75) is 46.3 Å². The fourth-order valence-corrected chi connectivity index (χ4v) is 3.16. The number of carbonyl (C=O) groups is 2. The molecule has 0 saturated carbocycles. The van der Waals surface area contributed by atoms with Gasteiger partial charge in [0.05, 0.1) is 24.9 Å². The molecule has 146 valence electrons. The highest BCUT2D eigenvalue weighted by Crippen LogP contribution is 2.14. The average molecular weight is 375 g/mol. The fourth-order valence-electron chi connectivity index (χ4n) is 3.16. The molecule has 0 aliphatic carbocycles. The van der Waals surface area contributed by atoms with Crippen molar-refractivity contribution in [3.8, 4) is 0 Å². The molecule has 3 rings (SSSR count). The number of carbonyl (C=O) groups excluding carboxylic acids is 2. The second kappa shape index (κ2) is 8.34. The summed E-state index contributed by atoms with van der Waals surface area (Å²) in [4.78, 5) is 26.8. The van der Waals surface area contributed by atoms with E-state index >= 15 is 0 Å². The summed E-state index contributed by atoms with van der Waals surface area (Å²) >= 11 is 0. The van der Waals surface area contributed by atoms with Crippen molar-refractivity contribution in [1.82, 2.24) is 25.2 Å². The molecule has 3 heterocycles. The first-order valence-electron chi connectivity index (χ1n) is 8.99. The van der Waals surface area contributed by atoms with E-state index in [2.05, 4.69) is 15.6 Å². The number of amides is 2. The normalized spacial score (nSPS) is 17.1. The van der Waals surface area contributed by atoms with Gasteiger partial charge in [-0.1, -0.05) is 5.16 Å². The summed E-state index contributed by atoms with van der Waals surface area (Å²) in [5.41, 5.74) is 2.57. The summed E-state index contributed by atoms with van der Waals surface area (Å²) in [6.07, 6.45) is 1.86. The molecule has 2 aromatic rings. The summed E-state index contributed by atoms with van der Waals surface area (Å²) < 4.78 is 12.3. The topological polar surface area (TPSA) is 102 Å². The first kappa shape index (κ1) is 19.1. The van der Waals surface area contributed by atoms with E-state index in [-0.39, 0.29) is 30.8 Å². The predicted octanol–water partition coefficient (Wildman–Crippen LogP) is 0.730. The maximum atomic E-state index is 12.7. The summed E-state index contributed by atoms with van der Waals surface area (Å²) in [5, 5.41) is 10.9. The SMILES string of the molecule is Cc1noc(C)c1CNC(=O)C[C@@H]1COCCN1C(=O)Cn1nccc1C. The third kappa shape index (κ3) is 4.54. The Kier molecular flexibility index (Phi) is 5.90. The van der Waals surface area contributed by atoms with Gasteiger partial charge in [-0.15, -0.1) is 0 Å². The van der Waals surface area contributed by atoms with E-state index in [1.165, 1.54) is 0 Å². The molecule has 1 atom stereocenters. The Hall–Kier alpha value is -2.68. The molecule has 1 aliphatic heterocycles. The predicted molar refractivity (Wildman–Crippen MR) is 95.7 cm³/mol. The Bertz CT molecular complexity index is 793. The van der Waals surface area contributed by atoms with Crippen LogP contribution in [-0.4, -0.2) is 57.5 Å². The van der Waals surface area contributed by atoms with E-state index in [0.717, 1.165) is 17.0 Å². The first-order chi connectivity index (χ1) is 13.0. The van der Waals surface area contributed by atoms with E-state index in [9.17, 15) is 9.59 Å². The number of nitrogens with zero attached hydrogens (tertiary/aromatic N) is 4. The Labute approximate surface area is 157 Å². The van der Waals surface area contributed by atoms with Crippen LogP contribution in [0.2, 0.25) is 0 Å². The molecule has 0 radical (unpaired) electrons. The summed E-state index contributed by atoms with van der Waals surface area (Å²) in [7, 11) is 0. The molecule has 2 aromatic heterocycles. The molecular weight excluding hydrogens is 350 g/mol. The lowest BCUT2D eigenvalue weighted by atomic mass is 10.1. The minimum absolute atomic E-state index is 0.0615. The average Bonchev–Trinajstić information content (AvgIpc) is 3.19. The lowest BCUT2D eigenvalue weighted by Gasteiger charge is -2.35. The Morgan fingerprint density at radius 3 is 2.81 bits per heavy atom. The van der Waals surface area contributed by atoms with Gasteiger partial charge in [-0.05, 0) is 26.8 Å². The van der Waals surface area contributed by atoms with Crippen molar-refractivity contribution in [1.29, 1.82) is 0 Å². The quantitative estimate of drug-likeness (QED) is 0.799. The second-order valence-electron chi connectivity index (χ2n) is 6.73. The molecule has 0 bridgehead atoms. The van der Waals surface area contributed by atoms with Crippen LogP contribution in [-0.2, 0) is 27.4 Å². The molecule has 0 aromatic carbocycles. The van der Waals surface area contributed by atoms with Gasteiger partial charge in [0.1, 0.15) is 12.3 Å². The van der Waals surface area contributed by atoms with Crippen LogP contribution in [0.3, 0.4) is 0 Å². The lowest BCUT2D eigenvalue weighted by Crippen LogP contribution is -2.51. The first-order valence-corrected chi connectivity index (χ1v) is 8.99. The maximum Gasteiger partial charge on any atom is 0.244 e. The zero-order valence-electron chi connectivity index (χ0n) is 15.9. The zero-order valence-corrected chi connectivity index (χ0v) is 15.9. The van der Waals surface area contributed by atoms with Crippen LogP contribution >= 0.6 is 0 Å². The fraction of sp³-hybridized carbons (Fsp3) is 0.556. The highest BCUT2D eigenvalue weighted by molar-refractivity contribution is 5.80. The van der Waals surface area contributed by atoms with E-state index in [0.29, 0.717) is 32.1 Å². The summed E-state index contributed by atoms with van der Waals surface area (Å²) in [6.45, 7) is 7.37. The van der Waals surface area contributed by atoms with Crippen molar-refractivity contribution in [3.63, 3.8) is 0 Å². The molecule has 9 nitrogen and oxygen atoms in total. The number of hydrogen-bond acceptors (Lipinski definition) is 6. The largest absolute Gasteiger partial charge is 0.377 e. The van der Waals surface area contributed by atoms with Gasteiger partial charge in [0.15, 0.2) is 0 Å². The van der Waals surface area contributed by atoms with Gasteiger partial charge in [0.25, 0.3) is 0 Å². The van der Waals surface area contributed by atoms with E-state index in [1.54, 1.807) is 15.8 Å². The summed E-state index contributed by atoms with van der Waals surface area (Å²) in [6, 6.07) is 1.57. The van der Waals surface area contributed by atoms with Gasteiger partial charge in [-0.3, -0.25) is 14.3 Å². The molecule has 1 fully saturated rings. The minimum Gasteiger partial charge on any atom is -0.377 e. The Morgan fingerprint density at radius 1 is 1.33 bits per heavy atom.